The Bertz CT molecular complexity index is 292. The molecule has 1 atom stereocenters. The van der Waals surface area contributed by atoms with Gasteiger partial charge in [-0.05, 0) is 20.3 Å². The molecule has 0 bridgehead atoms. The molecule has 104 valence electrons. The SMILES string of the molecule is CCCNC(=O)C(C)NC(=O)CCC(=O)OCC. The molecule has 18 heavy (non-hydrogen) atoms. The summed E-state index contributed by atoms with van der Waals surface area (Å²) in [5, 5.41) is 5.20. The molecular formula is C12H22N2O4. The maximum Gasteiger partial charge on any atom is 0.306 e. The van der Waals surface area contributed by atoms with Gasteiger partial charge in [0.25, 0.3) is 0 Å². The van der Waals surface area contributed by atoms with E-state index in [2.05, 4.69) is 10.6 Å². The van der Waals surface area contributed by atoms with E-state index in [1.807, 2.05) is 6.92 Å². The summed E-state index contributed by atoms with van der Waals surface area (Å²) in [5.74, 6) is -0.959. The van der Waals surface area contributed by atoms with Gasteiger partial charge >= 0.3 is 5.97 Å². The second-order valence-corrected chi connectivity index (χ2v) is 3.89. The molecule has 1 unspecified atom stereocenters. The molecule has 0 saturated carbocycles. The number of rotatable bonds is 8. The van der Waals surface area contributed by atoms with Crippen molar-refractivity contribution < 1.29 is 19.1 Å². The average molecular weight is 258 g/mol. The molecule has 0 aromatic rings. The Morgan fingerprint density at radius 3 is 2.39 bits per heavy atom. The highest BCUT2D eigenvalue weighted by molar-refractivity contribution is 5.88. The van der Waals surface area contributed by atoms with Gasteiger partial charge in [-0.25, -0.2) is 0 Å². The van der Waals surface area contributed by atoms with Gasteiger partial charge in [0.05, 0.1) is 13.0 Å². The molecule has 2 N–H and O–H groups in total. The van der Waals surface area contributed by atoms with Crippen LogP contribution in [0.3, 0.4) is 0 Å². The van der Waals surface area contributed by atoms with E-state index in [1.54, 1.807) is 13.8 Å². The van der Waals surface area contributed by atoms with Crippen molar-refractivity contribution in [3.63, 3.8) is 0 Å². The summed E-state index contributed by atoms with van der Waals surface area (Å²) in [6.45, 7) is 6.15. The quantitative estimate of drug-likeness (QED) is 0.616. The fourth-order valence-electron chi connectivity index (χ4n) is 1.23. The van der Waals surface area contributed by atoms with Gasteiger partial charge in [-0.3, -0.25) is 14.4 Å². The molecule has 6 nitrogen and oxygen atoms in total. The highest BCUT2D eigenvalue weighted by atomic mass is 16.5. The molecule has 0 heterocycles. The van der Waals surface area contributed by atoms with Crippen LogP contribution in [-0.2, 0) is 19.1 Å². The Kier molecular flexibility index (Phi) is 8.61. The normalized spacial score (nSPS) is 11.5. The molecule has 0 aliphatic heterocycles. The van der Waals surface area contributed by atoms with Crippen molar-refractivity contribution in [2.75, 3.05) is 13.2 Å². The Balaban J connectivity index is 3.86. The van der Waals surface area contributed by atoms with Crippen LogP contribution in [0, 0.1) is 0 Å². The number of ether oxygens (including phenoxy) is 1. The monoisotopic (exact) mass is 258 g/mol. The minimum absolute atomic E-state index is 0.0307. The number of hydrogen-bond acceptors (Lipinski definition) is 4. The molecule has 0 aliphatic carbocycles. The molecule has 0 aliphatic rings. The van der Waals surface area contributed by atoms with Crippen molar-refractivity contribution in [2.24, 2.45) is 0 Å². The largest absolute Gasteiger partial charge is 0.466 e. The predicted octanol–water partition coefficient (Wildman–Crippen LogP) is 0.361. The third kappa shape index (κ3) is 7.65. The highest BCUT2D eigenvalue weighted by Crippen LogP contribution is 1.94. The first-order valence-electron chi connectivity index (χ1n) is 6.23. The first-order valence-corrected chi connectivity index (χ1v) is 6.23. The van der Waals surface area contributed by atoms with Crippen LogP contribution in [0.15, 0.2) is 0 Å². The van der Waals surface area contributed by atoms with Crippen molar-refractivity contribution in [2.45, 2.75) is 46.1 Å². The average Bonchev–Trinajstić information content (AvgIpc) is 2.33. The fourth-order valence-corrected chi connectivity index (χ4v) is 1.23. The lowest BCUT2D eigenvalue weighted by atomic mass is 10.2. The van der Waals surface area contributed by atoms with Crippen LogP contribution in [-0.4, -0.2) is 37.0 Å². The molecule has 0 radical (unpaired) electrons. The summed E-state index contributed by atoms with van der Waals surface area (Å²) in [6.07, 6.45) is 0.905. The van der Waals surface area contributed by atoms with Gasteiger partial charge in [0.15, 0.2) is 0 Å². The van der Waals surface area contributed by atoms with Crippen LogP contribution in [0.2, 0.25) is 0 Å². The Morgan fingerprint density at radius 2 is 1.83 bits per heavy atom. The van der Waals surface area contributed by atoms with E-state index >= 15 is 0 Å². The fraction of sp³-hybridized carbons (Fsp3) is 0.750. The zero-order chi connectivity index (χ0) is 14.0. The van der Waals surface area contributed by atoms with E-state index < -0.39 is 12.0 Å². The van der Waals surface area contributed by atoms with Gasteiger partial charge in [-0.2, -0.15) is 0 Å². The van der Waals surface area contributed by atoms with E-state index in [0.717, 1.165) is 6.42 Å². The van der Waals surface area contributed by atoms with Crippen molar-refractivity contribution in [3.8, 4) is 0 Å². The summed E-state index contributed by atoms with van der Waals surface area (Å²) in [6, 6.07) is -0.591. The lowest BCUT2D eigenvalue weighted by Crippen LogP contribution is -2.45. The summed E-state index contributed by atoms with van der Waals surface area (Å²) in [4.78, 5) is 33.9. The lowest BCUT2D eigenvalue weighted by Gasteiger charge is -2.13. The second-order valence-electron chi connectivity index (χ2n) is 3.89. The Morgan fingerprint density at radius 1 is 1.17 bits per heavy atom. The lowest BCUT2D eigenvalue weighted by molar-refractivity contribution is -0.144. The van der Waals surface area contributed by atoms with Crippen LogP contribution in [0.25, 0.3) is 0 Å². The number of carbonyl (C=O) groups excluding carboxylic acids is 3. The molecule has 0 rings (SSSR count). The molecule has 6 heteroatoms. The molecule has 0 fully saturated rings. The number of hydrogen-bond donors (Lipinski definition) is 2. The minimum Gasteiger partial charge on any atom is -0.466 e. The molecule has 0 spiro atoms. The highest BCUT2D eigenvalue weighted by Gasteiger charge is 2.15. The van der Waals surface area contributed by atoms with Crippen LogP contribution >= 0.6 is 0 Å². The van der Waals surface area contributed by atoms with Crippen molar-refractivity contribution >= 4 is 17.8 Å². The Labute approximate surface area is 107 Å². The van der Waals surface area contributed by atoms with E-state index in [1.165, 1.54) is 0 Å². The van der Waals surface area contributed by atoms with Gasteiger partial charge in [0.1, 0.15) is 6.04 Å². The molecule has 2 amide bonds. The number of carbonyl (C=O) groups is 3. The second kappa shape index (κ2) is 9.44. The number of nitrogens with one attached hydrogen (secondary N) is 2. The van der Waals surface area contributed by atoms with E-state index in [9.17, 15) is 14.4 Å². The van der Waals surface area contributed by atoms with Gasteiger partial charge in [0.2, 0.25) is 11.8 Å². The molecule has 0 saturated heterocycles. The van der Waals surface area contributed by atoms with Crippen molar-refractivity contribution in [1.29, 1.82) is 0 Å². The predicted molar refractivity (Wildman–Crippen MR) is 66.8 cm³/mol. The Hall–Kier alpha value is -1.59. The number of amides is 2. The van der Waals surface area contributed by atoms with Crippen molar-refractivity contribution in [3.05, 3.63) is 0 Å². The van der Waals surface area contributed by atoms with E-state index in [-0.39, 0.29) is 24.7 Å². The van der Waals surface area contributed by atoms with E-state index in [0.29, 0.717) is 13.2 Å². The minimum atomic E-state index is -0.591. The maximum atomic E-state index is 11.5. The van der Waals surface area contributed by atoms with Crippen LogP contribution < -0.4 is 10.6 Å². The number of esters is 1. The van der Waals surface area contributed by atoms with Gasteiger partial charge in [-0.15, -0.1) is 0 Å². The maximum absolute atomic E-state index is 11.5. The summed E-state index contributed by atoms with van der Waals surface area (Å²) in [7, 11) is 0. The van der Waals surface area contributed by atoms with Crippen LogP contribution in [0.1, 0.15) is 40.0 Å². The first kappa shape index (κ1) is 16.4. The van der Waals surface area contributed by atoms with Gasteiger partial charge in [-0.1, -0.05) is 6.92 Å². The van der Waals surface area contributed by atoms with Crippen LogP contribution in [0.4, 0.5) is 0 Å². The van der Waals surface area contributed by atoms with Crippen LogP contribution in [0.5, 0.6) is 0 Å². The first-order chi connectivity index (χ1) is 8.51. The summed E-state index contributed by atoms with van der Waals surface area (Å²) in [5.41, 5.74) is 0. The summed E-state index contributed by atoms with van der Waals surface area (Å²) >= 11 is 0. The standard InChI is InChI=1S/C12H22N2O4/c1-4-8-13-12(17)9(3)14-10(15)6-7-11(16)18-5-2/h9H,4-8H2,1-3H3,(H,13,17)(H,14,15). The zero-order valence-electron chi connectivity index (χ0n) is 11.2. The molecular weight excluding hydrogens is 236 g/mol. The topological polar surface area (TPSA) is 84.5 Å². The van der Waals surface area contributed by atoms with Crippen molar-refractivity contribution in [1.82, 2.24) is 10.6 Å². The van der Waals surface area contributed by atoms with E-state index in [4.69, 9.17) is 4.74 Å². The molecule has 0 aromatic carbocycles. The third-order valence-corrected chi connectivity index (χ3v) is 2.18. The smallest absolute Gasteiger partial charge is 0.306 e. The third-order valence-electron chi connectivity index (χ3n) is 2.18. The van der Waals surface area contributed by atoms with Gasteiger partial charge in [0, 0.05) is 13.0 Å². The zero-order valence-corrected chi connectivity index (χ0v) is 11.2. The summed E-state index contributed by atoms with van der Waals surface area (Å²) < 4.78 is 4.70. The molecule has 0 aromatic heterocycles. The van der Waals surface area contributed by atoms with Gasteiger partial charge < -0.3 is 15.4 Å².